The Hall–Kier alpha value is -6.38. The van der Waals surface area contributed by atoms with Crippen LogP contribution in [0.4, 0.5) is 0 Å². The predicted octanol–water partition coefficient (Wildman–Crippen LogP) is 12.9. The van der Waals surface area contributed by atoms with E-state index in [-0.39, 0.29) is 0 Å². The van der Waals surface area contributed by atoms with Gasteiger partial charge in [0.15, 0.2) is 0 Å². The van der Waals surface area contributed by atoms with Crippen LogP contribution in [0.15, 0.2) is 168 Å². The van der Waals surface area contributed by atoms with Crippen LogP contribution in [0.3, 0.4) is 0 Å². The lowest BCUT2D eigenvalue weighted by molar-refractivity contribution is 0.673. The molecule has 222 valence electrons. The lowest BCUT2D eigenvalue weighted by Crippen LogP contribution is -1.94. The molecule has 0 aliphatic carbocycles. The van der Waals surface area contributed by atoms with Gasteiger partial charge in [0.05, 0.1) is 16.4 Å². The third-order valence-corrected chi connectivity index (χ3v) is 10.4. The van der Waals surface area contributed by atoms with Crippen molar-refractivity contribution in [3.63, 3.8) is 0 Å². The van der Waals surface area contributed by atoms with E-state index >= 15 is 0 Å². The topological polar surface area (TPSA) is 18.1 Å². The molecule has 0 unspecified atom stereocenters. The van der Waals surface area contributed by atoms with E-state index in [4.69, 9.17) is 4.42 Å². The SMILES string of the molecule is c1ccc(-c2ccc3ccc4c(-c5ccc(-n6c7ccccc7c7c8oc9ccccc9c8ccc76)cc5)ccc5ccc2c3c54)cc1. The molecule has 2 heterocycles. The van der Waals surface area contributed by atoms with Crippen LogP contribution in [0.2, 0.25) is 0 Å². The van der Waals surface area contributed by atoms with Gasteiger partial charge in [0.25, 0.3) is 0 Å². The molecule has 11 rings (SSSR count). The number of rotatable bonds is 3. The van der Waals surface area contributed by atoms with E-state index in [0.29, 0.717) is 0 Å². The van der Waals surface area contributed by atoms with E-state index in [0.717, 1.165) is 38.5 Å². The van der Waals surface area contributed by atoms with Gasteiger partial charge in [0, 0.05) is 21.8 Å². The number of hydrogen-bond acceptors (Lipinski definition) is 1. The largest absolute Gasteiger partial charge is 0.455 e. The average molecular weight is 610 g/mol. The van der Waals surface area contributed by atoms with Crippen molar-refractivity contribution in [2.75, 3.05) is 0 Å². The molecule has 0 saturated carbocycles. The van der Waals surface area contributed by atoms with Crippen molar-refractivity contribution < 1.29 is 4.42 Å². The normalized spacial score (nSPS) is 12.2. The average Bonchev–Trinajstić information content (AvgIpc) is 3.70. The second kappa shape index (κ2) is 9.57. The summed E-state index contributed by atoms with van der Waals surface area (Å²) in [5, 5.41) is 12.5. The molecule has 0 spiro atoms. The van der Waals surface area contributed by atoms with Crippen LogP contribution in [0, 0.1) is 0 Å². The van der Waals surface area contributed by atoms with Gasteiger partial charge in [-0.25, -0.2) is 0 Å². The first kappa shape index (κ1) is 25.8. The summed E-state index contributed by atoms with van der Waals surface area (Å²) in [5.74, 6) is 0. The molecule has 48 heavy (non-hydrogen) atoms. The van der Waals surface area contributed by atoms with Gasteiger partial charge in [-0.1, -0.05) is 127 Å². The first-order valence-electron chi connectivity index (χ1n) is 16.5. The Morgan fingerprint density at radius 2 is 0.938 bits per heavy atom. The molecule has 0 radical (unpaired) electrons. The van der Waals surface area contributed by atoms with E-state index in [1.807, 2.05) is 6.07 Å². The molecular weight excluding hydrogens is 583 g/mol. The Morgan fingerprint density at radius 3 is 1.67 bits per heavy atom. The van der Waals surface area contributed by atoms with Crippen LogP contribution in [-0.4, -0.2) is 4.57 Å². The Kier molecular flexibility index (Phi) is 5.14. The number of furan rings is 1. The Labute approximate surface area is 276 Å². The van der Waals surface area contributed by atoms with Gasteiger partial charge in [-0.15, -0.1) is 0 Å². The molecule has 11 aromatic rings. The van der Waals surface area contributed by atoms with Crippen LogP contribution in [0.25, 0.3) is 104 Å². The summed E-state index contributed by atoms with van der Waals surface area (Å²) in [4.78, 5) is 0. The monoisotopic (exact) mass is 609 g/mol. The molecular formula is C46H27NO. The lowest BCUT2D eigenvalue weighted by atomic mass is 9.87. The zero-order valence-electron chi connectivity index (χ0n) is 25.9. The van der Waals surface area contributed by atoms with E-state index in [1.165, 1.54) is 65.5 Å². The highest BCUT2D eigenvalue weighted by Gasteiger charge is 2.19. The number of benzene rings is 9. The van der Waals surface area contributed by atoms with Gasteiger partial charge < -0.3 is 8.98 Å². The van der Waals surface area contributed by atoms with E-state index in [2.05, 4.69) is 162 Å². The van der Waals surface area contributed by atoms with E-state index in [9.17, 15) is 0 Å². The zero-order valence-corrected chi connectivity index (χ0v) is 25.9. The first-order valence-corrected chi connectivity index (χ1v) is 16.5. The summed E-state index contributed by atoms with van der Waals surface area (Å²) in [6.07, 6.45) is 0. The smallest absolute Gasteiger partial charge is 0.145 e. The second-order valence-corrected chi connectivity index (χ2v) is 12.8. The number of hydrogen-bond donors (Lipinski definition) is 0. The molecule has 0 fully saturated rings. The maximum absolute atomic E-state index is 6.51. The van der Waals surface area contributed by atoms with Gasteiger partial charge in [-0.2, -0.15) is 0 Å². The molecule has 0 saturated heterocycles. The second-order valence-electron chi connectivity index (χ2n) is 12.8. The fourth-order valence-electron chi connectivity index (χ4n) is 8.23. The van der Waals surface area contributed by atoms with E-state index < -0.39 is 0 Å². The molecule has 0 N–H and O–H groups in total. The van der Waals surface area contributed by atoms with Crippen molar-refractivity contribution in [2.45, 2.75) is 0 Å². The van der Waals surface area contributed by atoms with Gasteiger partial charge in [-0.3, -0.25) is 0 Å². The first-order chi connectivity index (χ1) is 23.8. The van der Waals surface area contributed by atoms with E-state index in [1.54, 1.807) is 0 Å². The minimum atomic E-state index is 0.922. The molecule has 2 nitrogen and oxygen atoms in total. The number of aromatic nitrogens is 1. The zero-order chi connectivity index (χ0) is 31.3. The Bertz CT molecular complexity index is 3030. The van der Waals surface area contributed by atoms with Gasteiger partial charge in [-0.05, 0) is 91.0 Å². The van der Waals surface area contributed by atoms with Crippen molar-refractivity contribution in [2.24, 2.45) is 0 Å². The van der Waals surface area contributed by atoms with Crippen molar-refractivity contribution in [3.05, 3.63) is 164 Å². The third kappa shape index (κ3) is 3.46. The molecule has 0 atom stereocenters. The summed E-state index contributed by atoms with van der Waals surface area (Å²) in [7, 11) is 0. The molecule has 2 aromatic heterocycles. The van der Waals surface area contributed by atoms with Crippen LogP contribution in [-0.2, 0) is 0 Å². The maximum atomic E-state index is 6.51. The summed E-state index contributed by atoms with van der Waals surface area (Å²) < 4.78 is 8.88. The minimum absolute atomic E-state index is 0.922. The highest BCUT2D eigenvalue weighted by molar-refractivity contribution is 6.28. The maximum Gasteiger partial charge on any atom is 0.145 e. The molecule has 2 heteroatoms. The van der Waals surface area contributed by atoms with Crippen molar-refractivity contribution in [3.8, 4) is 27.9 Å². The standard InChI is InChI=1S/C46H27NO/c1-2-8-28(9-3-1)33-22-16-30-19-25-37-34(23-17-31-18-24-36(33)43(30)44(31)37)29-14-20-32(21-15-29)47-40-12-6-4-11-39(40)45-41(47)27-26-38-35-10-5-7-13-42(35)48-46(38)45/h1-27H. The molecule has 0 bridgehead atoms. The Balaban J connectivity index is 1.10. The quantitative estimate of drug-likeness (QED) is 0.182. The Morgan fingerprint density at radius 1 is 0.354 bits per heavy atom. The highest BCUT2D eigenvalue weighted by Crippen LogP contribution is 2.43. The lowest BCUT2D eigenvalue weighted by Gasteiger charge is -2.17. The third-order valence-electron chi connectivity index (χ3n) is 10.4. The van der Waals surface area contributed by atoms with Crippen LogP contribution >= 0.6 is 0 Å². The van der Waals surface area contributed by atoms with Crippen LogP contribution in [0.1, 0.15) is 0 Å². The summed E-state index contributed by atoms with van der Waals surface area (Å²) >= 11 is 0. The number of para-hydroxylation sites is 2. The molecule has 0 aliphatic rings. The fourth-order valence-corrected chi connectivity index (χ4v) is 8.23. The molecule has 0 aliphatic heterocycles. The van der Waals surface area contributed by atoms with Gasteiger partial charge >= 0.3 is 0 Å². The predicted molar refractivity (Wildman–Crippen MR) is 203 cm³/mol. The summed E-state index contributed by atoms with van der Waals surface area (Å²) in [6.45, 7) is 0. The van der Waals surface area contributed by atoms with Crippen molar-refractivity contribution in [1.82, 2.24) is 4.57 Å². The van der Waals surface area contributed by atoms with Gasteiger partial charge in [0.1, 0.15) is 11.2 Å². The van der Waals surface area contributed by atoms with Crippen LogP contribution < -0.4 is 0 Å². The van der Waals surface area contributed by atoms with Crippen molar-refractivity contribution in [1.29, 1.82) is 0 Å². The number of nitrogens with zero attached hydrogens (tertiary/aromatic N) is 1. The van der Waals surface area contributed by atoms with Crippen LogP contribution in [0.5, 0.6) is 0 Å². The van der Waals surface area contributed by atoms with Gasteiger partial charge in [0.2, 0.25) is 0 Å². The molecule has 0 amide bonds. The number of fused-ring (bicyclic) bond motifs is 7. The highest BCUT2D eigenvalue weighted by atomic mass is 16.3. The summed E-state index contributed by atoms with van der Waals surface area (Å²) in [6, 6.07) is 59.5. The van der Waals surface area contributed by atoms with Crippen molar-refractivity contribution >= 4 is 76.1 Å². The molecule has 9 aromatic carbocycles. The fraction of sp³-hybridized carbons (Fsp3) is 0. The summed E-state index contributed by atoms with van der Waals surface area (Å²) in [5.41, 5.74) is 10.3. The minimum Gasteiger partial charge on any atom is -0.455 e.